The molecule has 1 aliphatic rings. The molecule has 0 aliphatic heterocycles. The summed E-state index contributed by atoms with van der Waals surface area (Å²) in [5, 5.41) is 2.73. The summed E-state index contributed by atoms with van der Waals surface area (Å²) >= 11 is 0. The van der Waals surface area contributed by atoms with Crippen molar-refractivity contribution in [2.75, 3.05) is 6.61 Å². The van der Waals surface area contributed by atoms with Gasteiger partial charge in [-0.1, -0.05) is 26.7 Å². The Morgan fingerprint density at radius 2 is 1.82 bits per heavy atom. The molecule has 1 fully saturated rings. The molecule has 1 amide bonds. The van der Waals surface area contributed by atoms with Crippen molar-refractivity contribution in [3.05, 3.63) is 0 Å². The predicted molar refractivity (Wildman–Crippen MR) is 65.4 cm³/mol. The highest BCUT2D eigenvalue weighted by molar-refractivity contribution is 5.85. The molecular weight excluding hydrogens is 218 g/mol. The van der Waals surface area contributed by atoms with Gasteiger partial charge in [0.1, 0.15) is 6.04 Å². The van der Waals surface area contributed by atoms with Crippen molar-refractivity contribution < 1.29 is 14.3 Å². The van der Waals surface area contributed by atoms with Crippen LogP contribution in [0.4, 0.5) is 0 Å². The maximum Gasteiger partial charge on any atom is 0.328 e. The van der Waals surface area contributed by atoms with Crippen molar-refractivity contribution >= 4 is 11.9 Å². The maximum absolute atomic E-state index is 11.8. The van der Waals surface area contributed by atoms with E-state index >= 15 is 0 Å². The Kier molecular flexibility index (Phi) is 5.45. The van der Waals surface area contributed by atoms with E-state index in [1.807, 2.05) is 13.8 Å². The van der Waals surface area contributed by atoms with Gasteiger partial charge in [0.2, 0.25) is 5.91 Å². The molecule has 17 heavy (non-hydrogen) atoms. The van der Waals surface area contributed by atoms with Crippen LogP contribution in [0.2, 0.25) is 0 Å². The van der Waals surface area contributed by atoms with Crippen LogP contribution in [-0.2, 0) is 14.3 Å². The van der Waals surface area contributed by atoms with E-state index in [9.17, 15) is 9.59 Å². The zero-order valence-electron chi connectivity index (χ0n) is 11.0. The molecular formula is C13H23NO3. The lowest BCUT2D eigenvalue weighted by Crippen LogP contribution is -2.42. The number of rotatable bonds is 5. The minimum Gasteiger partial charge on any atom is -0.464 e. The smallest absolute Gasteiger partial charge is 0.328 e. The number of hydrogen-bond acceptors (Lipinski definition) is 3. The molecule has 1 saturated carbocycles. The van der Waals surface area contributed by atoms with E-state index in [0.29, 0.717) is 12.5 Å². The van der Waals surface area contributed by atoms with Crippen LogP contribution in [0.25, 0.3) is 0 Å². The summed E-state index contributed by atoms with van der Waals surface area (Å²) in [6.45, 7) is 6.04. The Balaban J connectivity index is 2.29. The van der Waals surface area contributed by atoms with Gasteiger partial charge in [-0.05, 0) is 25.7 Å². The van der Waals surface area contributed by atoms with E-state index in [2.05, 4.69) is 5.32 Å². The van der Waals surface area contributed by atoms with Crippen molar-refractivity contribution in [2.24, 2.45) is 11.8 Å². The second kappa shape index (κ2) is 6.62. The molecule has 0 bridgehead atoms. The normalized spacial score (nSPS) is 18.1. The van der Waals surface area contributed by atoms with E-state index in [0.717, 1.165) is 25.7 Å². The second-order valence-corrected chi connectivity index (χ2v) is 5.24. The van der Waals surface area contributed by atoms with E-state index < -0.39 is 6.04 Å². The predicted octanol–water partition coefficient (Wildman–Crippen LogP) is 1.88. The highest BCUT2D eigenvalue weighted by Crippen LogP contribution is 2.24. The van der Waals surface area contributed by atoms with Crippen LogP contribution < -0.4 is 5.32 Å². The molecule has 1 N–H and O–H groups in total. The molecule has 4 nitrogen and oxygen atoms in total. The fourth-order valence-corrected chi connectivity index (χ4v) is 1.95. The van der Waals surface area contributed by atoms with Gasteiger partial charge in [-0.15, -0.1) is 0 Å². The molecule has 1 unspecified atom stereocenters. The van der Waals surface area contributed by atoms with E-state index in [4.69, 9.17) is 4.74 Å². The third kappa shape index (κ3) is 4.75. The van der Waals surface area contributed by atoms with Crippen molar-refractivity contribution in [3.8, 4) is 0 Å². The van der Waals surface area contributed by atoms with Crippen LogP contribution >= 0.6 is 0 Å². The lowest BCUT2D eigenvalue weighted by Gasteiger charge is -2.16. The van der Waals surface area contributed by atoms with Crippen molar-refractivity contribution in [1.29, 1.82) is 0 Å². The highest BCUT2D eigenvalue weighted by Gasteiger charge is 2.25. The molecule has 0 aromatic carbocycles. The average molecular weight is 241 g/mol. The zero-order chi connectivity index (χ0) is 12.8. The number of carbonyl (C=O) groups excluding carboxylic acids is 2. The minimum atomic E-state index is -0.540. The molecule has 0 heterocycles. The van der Waals surface area contributed by atoms with Crippen LogP contribution in [0, 0.1) is 11.8 Å². The van der Waals surface area contributed by atoms with Crippen LogP contribution in [0.1, 0.15) is 46.5 Å². The van der Waals surface area contributed by atoms with Crippen LogP contribution in [0.5, 0.6) is 0 Å². The summed E-state index contributed by atoms with van der Waals surface area (Å²) < 4.78 is 5.08. The maximum atomic E-state index is 11.8. The molecule has 0 aromatic heterocycles. The molecule has 0 saturated heterocycles. The first kappa shape index (κ1) is 14.0. The van der Waals surface area contributed by atoms with Gasteiger partial charge in [0.05, 0.1) is 6.61 Å². The standard InChI is InChI=1S/C13H23NO3/c1-9(2)8-17-13(16)10(3)14-12(15)11-6-4-5-7-11/h9-11H,4-8H2,1-3H3,(H,14,15). The van der Waals surface area contributed by atoms with E-state index in [-0.39, 0.29) is 17.8 Å². The molecule has 0 radical (unpaired) electrons. The van der Waals surface area contributed by atoms with Gasteiger partial charge >= 0.3 is 5.97 Å². The van der Waals surface area contributed by atoms with Gasteiger partial charge in [-0.2, -0.15) is 0 Å². The van der Waals surface area contributed by atoms with Crippen LogP contribution in [-0.4, -0.2) is 24.5 Å². The Bertz CT molecular complexity index is 270. The number of carbonyl (C=O) groups is 2. The first-order chi connectivity index (χ1) is 8.00. The number of hydrogen-bond donors (Lipinski definition) is 1. The summed E-state index contributed by atoms with van der Waals surface area (Å²) in [4.78, 5) is 23.3. The lowest BCUT2D eigenvalue weighted by molar-refractivity contribution is -0.148. The molecule has 0 aromatic rings. The molecule has 0 spiro atoms. The summed E-state index contributed by atoms with van der Waals surface area (Å²) in [5.41, 5.74) is 0. The third-order valence-electron chi connectivity index (χ3n) is 3.00. The van der Waals surface area contributed by atoms with Crippen LogP contribution in [0.3, 0.4) is 0 Å². The second-order valence-electron chi connectivity index (χ2n) is 5.24. The van der Waals surface area contributed by atoms with Crippen LogP contribution in [0.15, 0.2) is 0 Å². The van der Waals surface area contributed by atoms with Crippen molar-refractivity contribution in [1.82, 2.24) is 5.32 Å². The number of amides is 1. The fraction of sp³-hybridized carbons (Fsp3) is 0.846. The van der Waals surface area contributed by atoms with Gasteiger partial charge in [0, 0.05) is 5.92 Å². The number of ether oxygens (including phenoxy) is 1. The Morgan fingerprint density at radius 3 is 2.35 bits per heavy atom. The number of esters is 1. The fourth-order valence-electron chi connectivity index (χ4n) is 1.95. The topological polar surface area (TPSA) is 55.4 Å². The summed E-state index contributed by atoms with van der Waals surface area (Å²) in [6, 6.07) is -0.540. The zero-order valence-corrected chi connectivity index (χ0v) is 11.0. The molecule has 1 rings (SSSR count). The SMILES string of the molecule is CC(C)COC(=O)C(C)NC(=O)C1CCCC1. The summed E-state index contributed by atoms with van der Waals surface area (Å²) in [6.07, 6.45) is 4.12. The van der Waals surface area contributed by atoms with Gasteiger partial charge < -0.3 is 10.1 Å². The molecule has 1 atom stereocenters. The van der Waals surface area contributed by atoms with Gasteiger partial charge in [0.15, 0.2) is 0 Å². The lowest BCUT2D eigenvalue weighted by atomic mass is 10.1. The Morgan fingerprint density at radius 1 is 1.24 bits per heavy atom. The monoisotopic (exact) mass is 241 g/mol. The highest BCUT2D eigenvalue weighted by atomic mass is 16.5. The quantitative estimate of drug-likeness (QED) is 0.748. The van der Waals surface area contributed by atoms with Gasteiger partial charge in [-0.25, -0.2) is 4.79 Å². The third-order valence-corrected chi connectivity index (χ3v) is 3.00. The molecule has 98 valence electrons. The summed E-state index contributed by atoms with van der Waals surface area (Å²) in [5.74, 6) is 0.0635. The first-order valence-corrected chi connectivity index (χ1v) is 6.47. The van der Waals surface area contributed by atoms with E-state index in [1.165, 1.54) is 0 Å². The largest absolute Gasteiger partial charge is 0.464 e. The molecule has 1 aliphatic carbocycles. The molecule has 4 heteroatoms. The Hall–Kier alpha value is -1.06. The average Bonchev–Trinajstić information content (AvgIpc) is 2.78. The van der Waals surface area contributed by atoms with Crippen molar-refractivity contribution in [3.63, 3.8) is 0 Å². The van der Waals surface area contributed by atoms with E-state index in [1.54, 1.807) is 6.92 Å². The van der Waals surface area contributed by atoms with Gasteiger partial charge in [-0.3, -0.25) is 4.79 Å². The summed E-state index contributed by atoms with van der Waals surface area (Å²) in [7, 11) is 0. The number of nitrogens with one attached hydrogen (secondary N) is 1. The minimum absolute atomic E-state index is 0.00324. The Labute approximate surface area is 103 Å². The van der Waals surface area contributed by atoms with Crippen molar-refractivity contribution in [2.45, 2.75) is 52.5 Å². The first-order valence-electron chi connectivity index (χ1n) is 6.47. The van der Waals surface area contributed by atoms with Gasteiger partial charge in [0.25, 0.3) is 0 Å².